The summed E-state index contributed by atoms with van der Waals surface area (Å²) in [6.45, 7) is 2.50. The fourth-order valence-electron chi connectivity index (χ4n) is 2.73. The predicted octanol–water partition coefficient (Wildman–Crippen LogP) is 1.06. The highest BCUT2D eigenvalue weighted by atomic mass is 16.7. The van der Waals surface area contributed by atoms with Gasteiger partial charge in [0.1, 0.15) is 12.2 Å². The van der Waals surface area contributed by atoms with Gasteiger partial charge >= 0.3 is 17.9 Å². The van der Waals surface area contributed by atoms with Crippen LogP contribution in [0.3, 0.4) is 0 Å². The zero-order valence-corrected chi connectivity index (χ0v) is 12.6. The highest BCUT2D eigenvalue weighted by Crippen LogP contribution is 2.50. The summed E-state index contributed by atoms with van der Waals surface area (Å²) in [6, 6.07) is 8.56. The fourth-order valence-corrected chi connectivity index (χ4v) is 2.73. The number of hydrogen-bond donors (Lipinski definition) is 0. The molecule has 1 saturated heterocycles. The van der Waals surface area contributed by atoms with Crippen LogP contribution in [-0.4, -0.2) is 42.5 Å². The topological polar surface area (TPSA) is 88.1 Å². The van der Waals surface area contributed by atoms with Crippen LogP contribution < -0.4 is 0 Å². The van der Waals surface area contributed by atoms with Gasteiger partial charge in [0.25, 0.3) is 0 Å². The van der Waals surface area contributed by atoms with E-state index in [1.54, 1.807) is 30.3 Å². The summed E-state index contributed by atoms with van der Waals surface area (Å²) in [5.41, 5.74) is 0.429. The lowest BCUT2D eigenvalue weighted by Crippen LogP contribution is -2.36. The Morgan fingerprint density at radius 3 is 2.17 bits per heavy atom. The van der Waals surface area contributed by atoms with E-state index in [1.165, 1.54) is 13.8 Å². The van der Waals surface area contributed by atoms with Gasteiger partial charge in [0.2, 0.25) is 6.29 Å². The van der Waals surface area contributed by atoms with Crippen LogP contribution in [0.5, 0.6) is 0 Å². The molecule has 1 aliphatic heterocycles. The Morgan fingerprint density at radius 2 is 1.57 bits per heavy atom. The average molecular weight is 320 g/mol. The van der Waals surface area contributed by atoms with Crippen molar-refractivity contribution in [3.8, 4) is 0 Å². The minimum Gasteiger partial charge on any atom is -0.455 e. The van der Waals surface area contributed by atoms with Crippen LogP contribution in [0.4, 0.5) is 0 Å². The molecular formula is C16H16O7. The van der Waals surface area contributed by atoms with Crippen LogP contribution in [0.2, 0.25) is 0 Å². The van der Waals surface area contributed by atoms with Gasteiger partial charge in [0.05, 0.1) is 11.5 Å². The predicted molar refractivity (Wildman–Crippen MR) is 75.1 cm³/mol. The molecule has 3 unspecified atom stereocenters. The van der Waals surface area contributed by atoms with E-state index in [0.717, 1.165) is 0 Å². The van der Waals surface area contributed by atoms with Gasteiger partial charge in [0.15, 0.2) is 6.10 Å². The highest BCUT2D eigenvalue weighted by molar-refractivity contribution is 5.89. The second-order valence-corrected chi connectivity index (χ2v) is 5.47. The normalized spacial score (nSPS) is 31.0. The standard InChI is InChI=1S/C16H16O7/c1-8(17)20-14-11-12(13(11)23-16(14)21-9(2)18)22-15(19)10-6-4-3-5-7-10/h3-7,11-14,16H,1-2H3/t11?,12?,13-,14+,16?/m0/s1. The van der Waals surface area contributed by atoms with E-state index in [4.69, 9.17) is 18.9 Å². The van der Waals surface area contributed by atoms with Crippen molar-refractivity contribution in [2.45, 2.75) is 38.4 Å². The Bertz CT molecular complexity index is 627. The van der Waals surface area contributed by atoms with Gasteiger partial charge in [-0.1, -0.05) is 18.2 Å². The zero-order chi connectivity index (χ0) is 16.6. The number of hydrogen-bond acceptors (Lipinski definition) is 7. The Balaban J connectivity index is 1.64. The molecule has 0 spiro atoms. The zero-order valence-electron chi connectivity index (χ0n) is 12.6. The van der Waals surface area contributed by atoms with Crippen LogP contribution in [0.15, 0.2) is 30.3 Å². The molecule has 7 heteroatoms. The SMILES string of the molecule is CC(=O)OC1O[C@@H]2C(OC(=O)c3ccccc3)C2[C@H]1OC(C)=O. The summed E-state index contributed by atoms with van der Waals surface area (Å²) in [6.07, 6.45) is -2.68. The maximum absolute atomic E-state index is 12.0. The number of carbonyl (C=O) groups is 3. The van der Waals surface area contributed by atoms with Gasteiger partial charge in [0, 0.05) is 13.8 Å². The van der Waals surface area contributed by atoms with Crippen LogP contribution >= 0.6 is 0 Å². The van der Waals surface area contributed by atoms with Crippen LogP contribution in [0.25, 0.3) is 0 Å². The molecule has 0 amide bonds. The van der Waals surface area contributed by atoms with Crippen molar-refractivity contribution in [3.63, 3.8) is 0 Å². The minimum absolute atomic E-state index is 0.323. The van der Waals surface area contributed by atoms with E-state index in [1.807, 2.05) is 0 Å². The van der Waals surface area contributed by atoms with Gasteiger partial charge in [-0.25, -0.2) is 4.79 Å². The molecule has 122 valence electrons. The Labute approximate surface area is 132 Å². The third-order valence-corrected chi connectivity index (χ3v) is 3.72. The van der Waals surface area contributed by atoms with Gasteiger partial charge in [-0.05, 0) is 12.1 Å². The third-order valence-electron chi connectivity index (χ3n) is 3.72. The van der Waals surface area contributed by atoms with Crippen molar-refractivity contribution in [1.82, 2.24) is 0 Å². The first-order valence-corrected chi connectivity index (χ1v) is 7.23. The molecule has 2 fully saturated rings. The summed E-state index contributed by atoms with van der Waals surface area (Å²) in [4.78, 5) is 34.3. The molecule has 0 radical (unpaired) electrons. The van der Waals surface area contributed by atoms with E-state index in [-0.39, 0.29) is 5.92 Å². The van der Waals surface area contributed by atoms with E-state index in [0.29, 0.717) is 5.56 Å². The van der Waals surface area contributed by atoms with E-state index < -0.39 is 42.5 Å². The van der Waals surface area contributed by atoms with Crippen LogP contribution in [0.1, 0.15) is 24.2 Å². The van der Waals surface area contributed by atoms with Crippen molar-refractivity contribution < 1.29 is 33.3 Å². The second kappa shape index (κ2) is 6.00. The number of rotatable bonds is 4. The molecule has 5 atom stereocenters. The first-order valence-electron chi connectivity index (χ1n) is 7.23. The number of carbonyl (C=O) groups excluding carboxylic acids is 3. The largest absolute Gasteiger partial charge is 0.455 e. The lowest BCUT2D eigenvalue weighted by atomic mass is 10.2. The van der Waals surface area contributed by atoms with Gasteiger partial charge in [-0.3, -0.25) is 9.59 Å². The molecule has 0 N–H and O–H groups in total. The van der Waals surface area contributed by atoms with Crippen LogP contribution in [0, 0.1) is 5.92 Å². The Morgan fingerprint density at radius 1 is 0.913 bits per heavy atom. The summed E-state index contributed by atoms with van der Waals surface area (Å²) < 4.78 is 21.0. The van der Waals surface area contributed by atoms with Crippen molar-refractivity contribution >= 4 is 17.9 Å². The second-order valence-electron chi connectivity index (χ2n) is 5.47. The number of ether oxygens (including phenoxy) is 4. The fraction of sp³-hybridized carbons (Fsp3) is 0.438. The van der Waals surface area contributed by atoms with Crippen molar-refractivity contribution in [3.05, 3.63) is 35.9 Å². The van der Waals surface area contributed by atoms with E-state index >= 15 is 0 Å². The van der Waals surface area contributed by atoms with Crippen molar-refractivity contribution in [2.24, 2.45) is 5.92 Å². The number of fused-ring (bicyclic) bond motifs is 1. The molecule has 0 bridgehead atoms. The summed E-state index contributed by atoms with van der Waals surface area (Å²) in [7, 11) is 0. The molecule has 1 heterocycles. The van der Waals surface area contributed by atoms with E-state index in [2.05, 4.69) is 0 Å². The molecule has 3 rings (SSSR count). The molecule has 1 aromatic carbocycles. The van der Waals surface area contributed by atoms with Crippen LogP contribution in [-0.2, 0) is 28.5 Å². The van der Waals surface area contributed by atoms with E-state index in [9.17, 15) is 14.4 Å². The molecule has 1 saturated carbocycles. The minimum atomic E-state index is -0.960. The number of benzene rings is 1. The first-order chi connectivity index (χ1) is 11.0. The van der Waals surface area contributed by atoms with Gasteiger partial charge in [-0.15, -0.1) is 0 Å². The quantitative estimate of drug-likeness (QED) is 0.605. The van der Waals surface area contributed by atoms with Gasteiger partial charge < -0.3 is 18.9 Å². The summed E-state index contributed by atoms with van der Waals surface area (Å²) >= 11 is 0. The summed E-state index contributed by atoms with van der Waals surface area (Å²) in [5, 5.41) is 0. The lowest BCUT2D eigenvalue weighted by molar-refractivity contribution is -0.203. The first kappa shape index (κ1) is 15.5. The molecule has 0 aromatic heterocycles. The maximum Gasteiger partial charge on any atom is 0.338 e. The molecule has 2 aliphatic rings. The lowest BCUT2D eigenvalue weighted by Gasteiger charge is -2.22. The van der Waals surface area contributed by atoms with Gasteiger partial charge in [-0.2, -0.15) is 0 Å². The maximum atomic E-state index is 12.0. The smallest absolute Gasteiger partial charge is 0.338 e. The highest BCUT2D eigenvalue weighted by Gasteiger charge is 2.69. The molecule has 1 aromatic rings. The third kappa shape index (κ3) is 3.19. The van der Waals surface area contributed by atoms with Crippen molar-refractivity contribution in [2.75, 3.05) is 0 Å². The molecule has 1 aliphatic carbocycles. The summed E-state index contributed by atoms with van der Waals surface area (Å²) in [5.74, 6) is -1.85. The Kier molecular flexibility index (Phi) is 4.04. The molecular weight excluding hydrogens is 304 g/mol. The molecule has 23 heavy (non-hydrogen) atoms. The average Bonchev–Trinajstić information content (AvgIpc) is 3.03. The monoisotopic (exact) mass is 320 g/mol. The van der Waals surface area contributed by atoms with Crippen molar-refractivity contribution in [1.29, 1.82) is 0 Å². The molecule has 7 nitrogen and oxygen atoms in total. The number of esters is 3. The Hall–Kier alpha value is -2.41.